The lowest BCUT2D eigenvalue weighted by Crippen LogP contribution is -2.17. The molecule has 0 aromatic rings. The summed E-state index contributed by atoms with van der Waals surface area (Å²) in [6.45, 7) is 4.67. The molecule has 100 valence electrons. The Bertz CT molecular complexity index is 215. The maximum atomic E-state index is 11.1. The van der Waals surface area contributed by atoms with E-state index in [-0.39, 0.29) is 25.8 Å². The molecule has 0 rings (SSSR count). The lowest BCUT2D eigenvalue weighted by Gasteiger charge is -2.06. The lowest BCUT2D eigenvalue weighted by molar-refractivity contribution is -0.155. The summed E-state index contributed by atoms with van der Waals surface area (Å²) < 4.78 is 14.7. The lowest BCUT2D eigenvalue weighted by atomic mass is 10.3. The van der Waals surface area contributed by atoms with Gasteiger partial charge in [-0.05, 0) is 12.8 Å². The molecule has 0 aliphatic rings. The minimum absolute atomic E-state index is 0.0388. The smallest absolute Gasteiger partial charge is 0.332 e. The largest absolute Gasteiger partial charge is 0.462 e. The average Bonchev–Trinajstić information content (AvgIpc) is 2.31. The fraction of sp³-hybridized carbons (Fsp3) is 0.833. The van der Waals surface area contributed by atoms with E-state index >= 15 is 0 Å². The molecule has 0 fully saturated rings. The van der Waals surface area contributed by atoms with Gasteiger partial charge in [0.15, 0.2) is 0 Å². The van der Waals surface area contributed by atoms with Crippen molar-refractivity contribution in [3.05, 3.63) is 0 Å². The third kappa shape index (κ3) is 11.2. The zero-order valence-corrected chi connectivity index (χ0v) is 10.7. The van der Waals surface area contributed by atoms with Gasteiger partial charge in [-0.25, -0.2) is 4.79 Å². The monoisotopic (exact) mass is 246 g/mol. The van der Waals surface area contributed by atoms with Gasteiger partial charge in [0.05, 0.1) is 0 Å². The van der Waals surface area contributed by atoms with Crippen molar-refractivity contribution >= 4 is 11.9 Å². The highest BCUT2D eigenvalue weighted by molar-refractivity contribution is 5.71. The number of unbranched alkanes of at least 4 members (excludes halogenated alkanes) is 1. The molecule has 0 aliphatic heterocycles. The first-order valence-corrected chi connectivity index (χ1v) is 6.09. The van der Waals surface area contributed by atoms with Crippen molar-refractivity contribution in [3.63, 3.8) is 0 Å². The maximum Gasteiger partial charge on any atom is 0.332 e. The second-order valence-corrected chi connectivity index (χ2v) is 3.60. The van der Waals surface area contributed by atoms with Crippen LogP contribution in [-0.2, 0) is 23.8 Å². The van der Waals surface area contributed by atoms with Crippen LogP contribution >= 0.6 is 0 Å². The van der Waals surface area contributed by atoms with E-state index in [4.69, 9.17) is 14.2 Å². The Hall–Kier alpha value is -1.10. The summed E-state index contributed by atoms with van der Waals surface area (Å²) in [5.74, 6) is -0.685. The normalized spacial score (nSPS) is 10.0. The molecule has 0 aromatic heterocycles. The molecule has 0 atom stereocenters. The molecule has 5 heteroatoms. The van der Waals surface area contributed by atoms with E-state index in [1.807, 2.05) is 13.8 Å². The van der Waals surface area contributed by atoms with E-state index in [2.05, 4.69) is 0 Å². The zero-order valence-electron chi connectivity index (χ0n) is 10.7. The van der Waals surface area contributed by atoms with Crippen molar-refractivity contribution in [1.29, 1.82) is 0 Å². The fourth-order valence-corrected chi connectivity index (χ4v) is 1.03. The van der Waals surface area contributed by atoms with Crippen LogP contribution in [0.15, 0.2) is 0 Å². The quantitative estimate of drug-likeness (QED) is 0.433. The number of hydrogen-bond acceptors (Lipinski definition) is 5. The summed E-state index contributed by atoms with van der Waals surface area (Å²) in [7, 11) is 0. The molecule has 0 N–H and O–H groups in total. The van der Waals surface area contributed by atoms with Crippen molar-refractivity contribution in [1.82, 2.24) is 0 Å². The zero-order chi connectivity index (χ0) is 12.9. The van der Waals surface area contributed by atoms with Gasteiger partial charge >= 0.3 is 11.9 Å². The van der Waals surface area contributed by atoms with Gasteiger partial charge in [0.2, 0.25) is 0 Å². The second-order valence-electron chi connectivity index (χ2n) is 3.60. The minimum Gasteiger partial charge on any atom is -0.462 e. The average molecular weight is 246 g/mol. The van der Waals surface area contributed by atoms with Crippen LogP contribution in [0.25, 0.3) is 0 Å². The van der Waals surface area contributed by atoms with Crippen molar-refractivity contribution in [2.45, 2.75) is 39.5 Å². The minimum atomic E-state index is -0.423. The van der Waals surface area contributed by atoms with Gasteiger partial charge < -0.3 is 14.2 Å². The van der Waals surface area contributed by atoms with E-state index in [1.54, 1.807) is 0 Å². The van der Waals surface area contributed by atoms with Gasteiger partial charge in [-0.3, -0.25) is 4.79 Å². The summed E-state index contributed by atoms with van der Waals surface area (Å²) >= 11 is 0. The van der Waals surface area contributed by atoms with Crippen molar-refractivity contribution in [2.75, 3.05) is 26.4 Å². The molecule has 0 amide bonds. The van der Waals surface area contributed by atoms with Crippen molar-refractivity contribution < 1.29 is 23.8 Å². The SMILES string of the molecule is CCCCOCC(=O)OCCOC(=O)CCC. The molecule has 0 heterocycles. The number of carbonyl (C=O) groups excluding carboxylic acids is 2. The molecule has 0 spiro atoms. The molecular formula is C12H22O5. The maximum absolute atomic E-state index is 11.1. The van der Waals surface area contributed by atoms with E-state index in [0.717, 1.165) is 19.3 Å². The van der Waals surface area contributed by atoms with E-state index < -0.39 is 5.97 Å². The molecule has 0 saturated carbocycles. The van der Waals surface area contributed by atoms with Gasteiger partial charge in [0, 0.05) is 13.0 Å². The standard InChI is InChI=1S/C12H22O5/c1-3-5-7-15-10-12(14)17-9-8-16-11(13)6-4-2/h3-10H2,1-2H3. The second kappa shape index (κ2) is 11.4. The molecule has 5 nitrogen and oxygen atoms in total. The highest BCUT2D eigenvalue weighted by Crippen LogP contribution is 1.92. The highest BCUT2D eigenvalue weighted by atomic mass is 16.6. The Morgan fingerprint density at radius 2 is 1.53 bits per heavy atom. The Balaban J connectivity index is 3.30. The molecule has 0 aromatic carbocycles. The van der Waals surface area contributed by atoms with Crippen molar-refractivity contribution in [3.8, 4) is 0 Å². The summed E-state index contributed by atoms with van der Waals surface area (Å²) in [6, 6.07) is 0. The van der Waals surface area contributed by atoms with Gasteiger partial charge in [0.25, 0.3) is 0 Å². The first-order valence-electron chi connectivity index (χ1n) is 6.09. The Morgan fingerprint density at radius 3 is 2.12 bits per heavy atom. The number of hydrogen-bond donors (Lipinski definition) is 0. The number of carbonyl (C=O) groups is 2. The van der Waals surface area contributed by atoms with Crippen LogP contribution in [0.2, 0.25) is 0 Å². The highest BCUT2D eigenvalue weighted by Gasteiger charge is 2.04. The molecule has 0 radical (unpaired) electrons. The van der Waals surface area contributed by atoms with E-state index in [1.165, 1.54) is 0 Å². The summed E-state index contributed by atoms with van der Waals surface area (Å²) in [6.07, 6.45) is 3.11. The van der Waals surface area contributed by atoms with Crippen LogP contribution in [-0.4, -0.2) is 38.4 Å². The van der Waals surface area contributed by atoms with Gasteiger partial charge in [-0.1, -0.05) is 20.3 Å². The number of rotatable bonds is 10. The van der Waals surface area contributed by atoms with Crippen molar-refractivity contribution in [2.24, 2.45) is 0 Å². The third-order valence-electron chi connectivity index (χ3n) is 1.93. The van der Waals surface area contributed by atoms with Gasteiger partial charge in [-0.15, -0.1) is 0 Å². The van der Waals surface area contributed by atoms with Crippen LogP contribution in [0.1, 0.15) is 39.5 Å². The predicted molar refractivity (Wildman–Crippen MR) is 62.6 cm³/mol. The van der Waals surface area contributed by atoms with Crippen LogP contribution < -0.4 is 0 Å². The van der Waals surface area contributed by atoms with Gasteiger partial charge in [0.1, 0.15) is 19.8 Å². The first kappa shape index (κ1) is 15.9. The fourth-order valence-electron chi connectivity index (χ4n) is 1.03. The number of esters is 2. The molecule has 0 unspecified atom stereocenters. The molecule has 0 aliphatic carbocycles. The predicted octanol–water partition coefficient (Wildman–Crippen LogP) is 1.69. The van der Waals surface area contributed by atoms with E-state index in [0.29, 0.717) is 13.0 Å². The first-order chi connectivity index (χ1) is 8.20. The molecular weight excluding hydrogens is 224 g/mol. The van der Waals surface area contributed by atoms with Crippen LogP contribution in [0, 0.1) is 0 Å². The van der Waals surface area contributed by atoms with Crippen LogP contribution in [0.5, 0.6) is 0 Å². The molecule has 0 bridgehead atoms. The van der Waals surface area contributed by atoms with Gasteiger partial charge in [-0.2, -0.15) is 0 Å². The Labute approximate surface area is 102 Å². The molecule has 0 saturated heterocycles. The summed E-state index contributed by atoms with van der Waals surface area (Å²) in [5.41, 5.74) is 0. The van der Waals surface area contributed by atoms with Crippen LogP contribution in [0.4, 0.5) is 0 Å². The summed E-state index contributed by atoms with van der Waals surface area (Å²) in [5, 5.41) is 0. The Kier molecular flexibility index (Phi) is 10.7. The van der Waals surface area contributed by atoms with Crippen LogP contribution in [0.3, 0.4) is 0 Å². The topological polar surface area (TPSA) is 61.8 Å². The third-order valence-corrected chi connectivity index (χ3v) is 1.93. The Morgan fingerprint density at radius 1 is 0.882 bits per heavy atom. The summed E-state index contributed by atoms with van der Waals surface area (Å²) in [4.78, 5) is 22.0. The van der Waals surface area contributed by atoms with E-state index in [9.17, 15) is 9.59 Å². The number of ether oxygens (including phenoxy) is 3. The molecule has 17 heavy (non-hydrogen) atoms.